The predicted molar refractivity (Wildman–Crippen MR) is 123 cm³/mol. The minimum absolute atomic E-state index is 0.0701. The molecule has 0 saturated carbocycles. The second-order valence-electron chi connectivity index (χ2n) is 9.15. The van der Waals surface area contributed by atoms with Crippen molar-refractivity contribution in [3.8, 4) is 5.75 Å². The lowest BCUT2D eigenvalue weighted by Gasteiger charge is -2.28. The smallest absolute Gasteiger partial charge is 0.224 e. The molecule has 0 spiro atoms. The van der Waals surface area contributed by atoms with Crippen molar-refractivity contribution in [3.63, 3.8) is 0 Å². The van der Waals surface area contributed by atoms with Gasteiger partial charge in [0.25, 0.3) is 0 Å². The molecular weight excluding hydrogens is 392 g/mol. The second kappa shape index (κ2) is 11.3. The molecule has 170 valence electrons. The number of nitrogens with one attached hydrogen (secondary N) is 2. The normalized spacial score (nSPS) is 13.8. The average molecular weight is 429 g/mol. The number of aromatic hydroxyl groups is 1. The molecule has 1 amide bonds. The summed E-state index contributed by atoms with van der Waals surface area (Å²) in [6.07, 6.45) is 0.330. The molecule has 2 aromatic carbocycles. The zero-order chi connectivity index (χ0) is 23.0. The van der Waals surface area contributed by atoms with Crippen LogP contribution in [-0.2, 0) is 17.6 Å². The van der Waals surface area contributed by atoms with Crippen LogP contribution in [0.4, 0.5) is 0 Å². The van der Waals surface area contributed by atoms with Crippen LogP contribution in [0.15, 0.2) is 48.5 Å². The Labute approximate surface area is 185 Å². The van der Waals surface area contributed by atoms with Crippen molar-refractivity contribution in [2.75, 3.05) is 13.2 Å². The van der Waals surface area contributed by atoms with E-state index in [2.05, 4.69) is 24.5 Å². The number of benzene rings is 2. The quantitative estimate of drug-likeness (QED) is 0.379. The highest BCUT2D eigenvalue weighted by Gasteiger charge is 2.20. The van der Waals surface area contributed by atoms with E-state index in [9.17, 15) is 20.1 Å². The first kappa shape index (κ1) is 24.9. The standard InChI is InChI=1S/C25H36N2O4/c1-17(2)22(16-28)27-24(31)13-18-6-5-7-19(12-18)14-25(3,4)26-15-23(30)20-8-10-21(29)11-9-20/h5-12,17,22-23,26,28-30H,13-16H2,1-4H3,(H,27,31)/t22-,23?/m1/s1. The van der Waals surface area contributed by atoms with E-state index in [1.165, 1.54) is 0 Å². The summed E-state index contributed by atoms with van der Waals surface area (Å²) < 4.78 is 0. The van der Waals surface area contributed by atoms with Gasteiger partial charge in [-0.15, -0.1) is 0 Å². The third-order valence-corrected chi connectivity index (χ3v) is 5.40. The summed E-state index contributed by atoms with van der Waals surface area (Å²) in [5, 5.41) is 35.5. The van der Waals surface area contributed by atoms with Crippen LogP contribution in [0.5, 0.6) is 5.75 Å². The molecule has 0 saturated heterocycles. The zero-order valence-corrected chi connectivity index (χ0v) is 18.9. The van der Waals surface area contributed by atoms with Crippen LogP contribution >= 0.6 is 0 Å². The van der Waals surface area contributed by atoms with E-state index in [1.807, 2.05) is 38.1 Å². The molecule has 0 aliphatic heterocycles. The van der Waals surface area contributed by atoms with Crippen LogP contribution < -0.4 is 10.6 Å². The molecule has 0 fully saturated rings. The first-order valence-corrected chi connectivity index (χ1v) is 10.8. The van der Waals surface area contributed by atoms with Gasteiger partial charge in [-0.25, -0.2) is 0 Å². The second-order valence-corrected chi connectivity index (χ2v) is 9.15. The average Bonchev–Trinajstić information content (AvgIpc) is 2.70. The minimum Gasteiger partial charge on any atom is -0.508 e. The summed E-state index contributed by atoms with van der Waals surface area (Å²) in [6, 6.07) is 14.3. The molecule has 0 aliphatic rings. The van der Waals surface area contributed by atoms with Crippen LogP contribution in [0.3, 0.4) is 0 Å². The van der Waals surface area contributed by atoms with Gasteiger partial charge in [-0.2, -0.15) is 0 Å². The Kier molecular flexibility index (Phi) is 9.04. The molecule has 1 unspecified atom stereocenters. The number of amides is 1. The van der Waals surface area contributed by atoms with Gasteiger partial charge < -0.3 is 26.0 Å². The number of aliphatic hydroxyl groups is 2. The van der Waals surface area contributed by atoms with E-state index >= 15 is 0 Å². The van der Waals surface area contributed by atoms with Crippen LogP contribution in [0.1, 0.15) is 50.5 Å². The fourth-order valence-electron chi connectivity index (χ4n) is 3.48. The van der Waals surface area contributed by atoms with Crippen LogP contribution in [0, 0.1) is 5.92 Å². The molecule has 6 heteroatoms. The summed E-state index contributed by atoms with van der Waals surface area (Å²) in [4.78, 5) is 12.3. The van der Waals surface area contributed by atoms with Crippen molar-refractivity contribution in [3.05, 3.63) is 65.2 Å². The lowest BCUT2D eigenvalue weighted by Crippen LogP contribution is -2.43. The summed E-state index contributed by atoms with van der Waals surface area (Å²) in [5.41, 5.74) is 2.51. The Bertz CT molecular complexity index is 834. The largest absolute Gasteiger partial charge is 0.508 e. The van der Waals surface area contributed by atoms with Crippen LogP contribution in [-0.4, -0.2) is 46.0 Å². The molecule has 0 radical (unpaired) electrons. The Hall–Kier alpha value is -2.41. The Balaban J connectivity index is 1.92. The highest BCUT2D eigenvalue weighted by Crippen LogP contribution is 2.19. The van der Waals surface area contributed by atoms with Crippen molar-refractivity contribution in [1.82, 2.24) is 10.6 Å². The number of hydrogen-bond donors (Lipinski definition) is 5. The molecular formula is C25H36N2O4. The molecule has 2 aromatic rings. The highest BCUT2D eigenvalue weighted by molar-refractivity contribution is 5.78. The Morgan fingerprint density at radius 1 is 1.06 bits per heavy atom. The highest BCUT2D eigenvalue weighted by atomic mass is 16.3. The van der Waals surface area contributed by atoms with Crippen molar-refractivity contribution in [2.24, 2.45) is 5.92 Å². The maximum atomic E-state index is 12.3. The molecule has 0 aliphatic carbocycles. The summed E-state index contributed by atoms with van der Waals surface area (Å²) in [6.45, 7) is 8.40. The summed E-state index contributed by atoms with van der Waals surface area (Å²) >= 11 is 0. The van der Waals surface area contributed by atoms with Gasteiger partial charge in [0.1, 0.15) is 5.75 Å². The number of aliphatic hydroxyl groups excluding tert-OH is 2. The first-order chi connectivity index (χ1) is 14.6. The molecule has 31 heavy (non-hydrogen) atoms. The molecule has 2 rings (SSSR count). The monoisotopic (exact) mass is 428 g/mol. The maximum absolute atomic E-state index is 12.3. The fraction of sp³-hybridized carbons (Fsp3) is 0.480. The van der Waals surface area contributed by atoms with Gasteiger partial charge in [-0.05, 0) is 55.0 Å². The SMILES string of the molecule is CC(C)[C@@H](CO)NC(=O)Cc1cccc(CC(C)(C)NCC(O)c2ccc(O)cc2)c1. The molecule has 0 heterocycles. The Morgan fingerprint density at radius 2 is 1.71 bits per heavy atom. The molecule has 2 atom stereocenters. The van der Waals surface area contributed by atoms with Gasteiger partial charge in [0, 0.05) is 12.1 Å². The number of phenolic OH excluding ortho intramolecular Hbond substituents is 1. The minimum atomic E-state index is -0.671. The molecule has 0 bridgehead atoms. The van der Waals surface area contributed by atoms with Crippen molar-refractivity contribution >= 4 is 5.91 Å². The van der Waals surface area contributed by atoms with Gasteiger partial charge >= 0.3 is 0 Å². The number of hydrogen-bond acceptors (Lipinski definition) is 5. The van der Waals surface area contributed by atoms with E-state index in [0.29, 0.717) is 6.54 Å². The lowest BCUT2D eigenvalue weighted by atomic mass is 9.93. The maximum Gasteiger partial charge on any atom is 0.224 e. The summed E-state index contributed by atoms with van der Waals surface area (Å²) in [5.74, 6) is 0.247. The molecule has 0 aromatic heterocycles. The topological polar surface area (TPSA) is 102 Å². The van der Waals surface area contributed by atoms with Crippen molar-refractivity contribution < 1.29 is 20.1 Å². The van der Waals surface area contributed by atoms with Gasteiger partial charge in [0.15, 0.2) is 0 Å². The first-order valence-electron chi connectivity index (χ1n) is 10.8. The number of carbonyl (C=O) groups is 1. The van der Waals surface area contributed by atoms with E-state index in [4.69, 9.17) is 0 Å². The van der Waals surface area contributed by atoms with Gasteiger partial charge in [0.05, 0.1) is 25.2 Å². The van der Waals surface area contributed by atoms with E-state index in [0.717, 1.165) is 23.1 Å². The van der Waals surface area contributed by atoms with Crippen LogP contribution in [0.2, 0.25) is 0 Å². The third kappa shape index (κ3) is 8.32. The van der Waals surface area contributed by atoms with E-state index in [-0.39, 0.29) is 42.2 Å². The zero-order valence-electron chi connectivity index (χ0n) is 18.9. The number of rotatable bonds is 11. The van der Waals surface area contributed by atoms with E-state index < -0.39 is 6.10 Å². The third-order valence-electron chi connectivity index (χ3n) is 5.40. The number of phenols is 1. The molecule has 6 nitrogen and oxygen atoms in total. The van der Waals surface area contributed by atoms with Crippen molar-refractivity contribution in [2.45, 2.75) is 58.2 Å². The Morgan fingerprint density at radius 3 is 2.32 bits per heavy atom. The van der Waals surface area contributed by atoms with Gasteiger partial charge in [0.2, 0.25) is 5.91 Å². The van der Waals surface area contributed by atoms with Gasteiger partial charge in [-0.3, -0.25) is 4.79 Å². The lowest BCUT2D eigenvalue weighted by molar-refractivity contribution is -0.121. The van der Waals surface area contributed by atoms with Crippen LogP contribution in [0.25, 0.3) is 0 Å². The predicted octanol–water partition coefficient (Wildman–Crippen LogP) is 2.71. The number of carbonyl (C=O) groups excluding carboxylic acids is 1. The molecule has 5 N–H and O–H groups in total. The number of β-amino-alcohol motifs (C(OH)–C–C–N with tert-alkyl or cyclic N) is 1. The van der Waals surface area contributed by atoms with E-state index in [1.54, 1.807) is 24.3 Å². The van der Waals surface area contributed by atoms with Crippen molar-refractivity contribution in [1.29, 1.82) is 0 Å². The summed E-state index contributed by atoms with van der Waals surface area (Å²) in [7, 11) is 0. The van der Waals surface area contributed by atoms with Gasteiger partial charge in [-0.1, -0.05) is 50.2 Å². The fourth-order valence-corrected chi connectivity index (χ4v) is 3.48.